The number of carbonyl (C=O) groups is 1. The van der Waals surface area contributed by atoms with Gasteiger partial charge in [-0.1, -0.05) is 84.4 Å². The Morgan fingerprint density at radius 1 is 0.943 bits per heavy atom. The predicted molar refractivity (Wildman–Crippen MR) is 138 cm³/mol. The van der Waals surface area contributed by atoms with Crippen LogP contribution in [0.3, 0.4) is 0 Å². The topological polar surface area (TPSA) is 84.3 Å². The summed E-state index contributed by atoms with van der Waals surface area (Å²) < 4.78 is 30.2. The van der Waals surface area contributed by atoms with E-state index in [-0.39, 0.29) is 16.7 Å². The third-order valence-corrected chi connectivity index (χ3v) is 7.18. The fourth-order valence-electron chi connectivity index (χ4n) is 3.72. The molecule has 4 rings (SSSR count). The molecule has 3 aromatic carbocycles. The Kier molecular flexibility index (Phi) is 7.47. The quantitative estimate of drug-likeness (QED) is 0.265. The zero-order chi connectivity index (χ0) is 25.0. The number of nitrogens with one attached hydrogen (secondary N) is 1. The largest absolute Gasteiger partial charge is 0.316 e. The van der Waals surface area contributed by atoms with Gasteiger partial charge in [0.1, 0.15) is 11.5 Å². The van der Waals surface area contributed by atoms with E-state index in [4.69, 9.17) is 11.6 Å². The Labute approximate surface area is 210 Å². The average Bonchev–Trinajstić information content (AvgIpc) is 3.18. The van der Waals surface area contributed by atoms with Crippen molar-refractivity contribution in [2.75, 3.05) is 20.8 Å². The van der Waals surface area contributed by atoms with E-state index in [1.165, 1.54) is 0 Å². The molecule has 0 saturated carbocycles. The van der Waals surface area contributed by atoms with E-state index in [0.29, 0.717) is 29.9 Å². The van der Waals surface area contributed by atoms with Crippen LogP contribution in [-0.2, 0) is 16.6 Å². The highest BCUT2D eigenvalue weighted by molar-refractivity contribution is 7.89. The van der Waals surface area contributed by atoms with Crippen LogP contribution in [0, 0.1) is 0 Å². The van der Waals surface area contributed by atoms with Crippen molar-refractivity contribution in [3.63, 3.8) is 0 Å². The average molecular weight is 509 g/mol. The summed E-state index contributed by atoms with van der Waals surface area (Å²) in [5.41, 5.74) is 3.44. The number of carbonyl (C=O) groups excluding carboxylic acids is 1. The first-order chi connectivity index (χ1) is 16.8. The number of hydrogen-bond donors (Lipinski definition) is 1. The first-order valence-corrected chi connectivity index (χ1v) is 12.8. The van der Waals surface area contributed by atoms with Crippen molar-refractivity contribution in [2.45, 2.75) is 11.4 Å². The standard InChI is InChI=1S/C26H25ClN4O3S/c1-30(2)18-28-35(33,34)24-11-7-6-10-22(24)20-14-12-19(13-15-20)16-31-23(17-32)25(27)29-26(31)21-8-4-3-5-9-21/h3-15,17,28H,16,18H2,1-2H3. The lowest BCUT2D eigenvalue weighted by atomic mass is 10.0. The van der Waals surface area contributed by atoms with Crippen molar-refractivity contribution in [1.29, 1.82) is 0 Å². The predicted octanol–water partition coefficient (Wildman–Crippen LogP) is 4.53. The van der Waals surface area contributed by atoms with Crippen molar-refractivity contribution in [3.8, 4) is 22.5 Å². The maximum atomic E-state index is 12.9. The molecule has 4 aromatic rings. The van der Waals surface area contributed by atoms with Crippen LogP contribution in [0.2, 0.25) is 5.15 Å². The first kappa shape index (κ1) is 24.8. The van der Waals surface area contributed by atoms with Gasteiger partial charge in [0.25, 0.3) is 0 Å². The zero-order valence-corrected chi connectivity index (χ0v) is 20.9. The number of rotatable bonds is 9. The molecule has 0 spiro atoms. The molecule has 0 bridgehead atoms. The van der Waals surface area contributed by atoms with Crippen molar-refractivity contribution in [2.24, 2.45) is 0 Å². The lowest BCUT2D eigenvalue weighted by Crippen LogP contribution is -2.33. The summed E-state index contributed by atoms with van der Waals surface area (Å²) in [4.78, 5) is 18.1. The second kappa shape index (κ2) is 10.5. The minimum Gasteiger partial charge on any atom is -0.316 e. The van der Waals surface area contributed by atoms with Crippen molar-refractivity contribution < 1.29 is 13.2 Å². The molecule has 0 unspecified atom stereocenters. The molecule has 0 radical (unpaired) electrons. The van der Waals surface area contributed by atoms with Crippen LogP contribution < -0.4 is 4.72 Å². The fourth-order valence-corrected chi connectivity index (χ4v) is 5.26. The van der Waals surface area contributed by atoms with Gasteiger partial charge in [-0.2, -0.15) is 4.72 Å². The minimum atomic E-state index is -3.69. The molecule has 1 aromatic heterocycles. The molecule has 0 aliphatic heterocycles. The molecular weight excluding hydrogens is 484 g/mol. The molecule has 0 aliphatic rings. The van der Waals surface area contributed by atoms with Crippen molar-refractivity contribution in [3.05, 3.63) is 95.3 Å². The van der Waals surface area contributed by atoms with Gasteiger partial charge in [0, 0.05) is 17.7 Å². The molecule has 9 heteroatoms. The second-order valence-corrected chi connectivity index (χ2v) is 10.4. The van der Waals surface area contributed by atoms with E-state index < -0.39 is 10.0 Å². The number of aromatic nitrogens is 2. The molecular formula is C26H25ClN4O3S. The van der Waals surface area contributed by atoms with E-state index >= 15 is 0 Å². The van der Waals surface area contributed by atoms with Crippen LogP contribution >= 0.6 is 11.6 Å². The lowest BCUT2D eigenvalue weighted by Gasteiger charge is -2.15. The van der Waals surface area contributed by atoms with E-state index in [2.05, 4.69) is 9.71 Å². The summed E-state index contributed by atoms with van der Waals surface area (Å²) >= 11 is 6.25. The van der Waals surface area contributed by atoms with Gasteiger partial charge in [0.2, 0.25) is 10.0 Å². The monoisotopic (exact) mass is 508 g/mol. The molecule has 0 saturated heterocycles. The number of halogens is 1. The highest BCUT2D eigenvalue weighted by atomic mass is 35.5. The van der Waals surface area contributed by atoms with Crippen molar-refractivity contribution in [1.82, 2.24) is 19.2 Å². The van der Waals surface area contributed by atoms with E-state index in [1.54, 1.807) is 41.8 Å². The summed E-state index contributed by atoms with van der Waals surface area (Å²) in [5.74, 6) is 0.602. The molecule has 0 atom stereocenters. The molecule has 1 N–H and O–H groups in total. The Bertz CT molecular complexity index is 1430. The van der Waals surface area contributed by atoms with Gasteiger partial charge >= 0.3 is 0 Å². The first-order valence-electron chi connectivity index (χ1n) is 10.9. The number of nitrogens with zero attached hydrogens (tertiary/aromatic N) is 3. The fraction of sp³-hybridized carbons (Fsp3) is 0.154. The van der Waals surface area contributed by atoms with Gasteiger partial charge in [-0.05, 0) is 31.3 Å². The van der Waals surface area contributed by atoms with Crippen LogP contribution in [-0.4, -0.2) is 49.9 Å². The molecule has 35 heavy (non-hydrogen) atoms. The van der Waals surface area contributed by atoms with Gasteiger partial charge in [-0.3, -0.25) is 9.69 Å². The molecule has 180 valence electrons. The van der Waals surface area contributed by atoms with Crippen LogP contribution in [0.25, 0.3) is 22.5 Å². The van der Waals surface area contributed by atoms with Gasteiger partial charge < -0.3 is 4.57 Å². The summed E-state index contributed by atoms with van der Waals surface area (Å²) in [6, 6.07) is 24.0. The Hall–Kier alpha value is -3.30. The second-order valence-electron chi connectivity index (χ2n) is 8.26. The Balaban J connectivity index is 1.66. The Morgan fingerprint density at radius 3 is 2.26 bits per heavy atom. The minimum absolute atomic E-state index is 0.153. The van der Waals surface area contributed by atoms with Crippen LogP contribution in [0.4, 0.5) is 0 Å². The van der Waals surface area contributed by atoms with Gasteiger partial charge in [0.15, 0.2) is 11.4 Å². The van der Waals surface area contributed by atoms with E-state index in [1.807, 2.05) is 60.7 Å². The molecule has 0 amide bonds. The molecule has 1 heterocycles. The van der Waals surface area contributed by atoms with E-state index in [0.717, 1.165) is 16.7 Å². The van der Waals surface area contributed by atoms with Crippen LogP contribution in [0.1, 0.15) is 16.1 Å². The lowest BCUT2D eigenvalue weighted by molar-refractivity contribution is 0.111. The Morgan fingerprint density at radius 2 is 1.60 bits per heavy atom. The highest BCUT2D eigenvalue weighted by Crippen LogP contribution is 2.29. The number of sulfonamides is 1. The van der Waals surface area contributed by atoms with E-state index in [9.17, 15) is 13.2 Å². The summed E-state index contributed by atoms with van der Waals surface area (Å²) in [6.07, 6.45) is 0.706. The summed E-state index contributed by atoms with van der Waals surface area (Å²) in [5, 5.41) is 0.153. The SMILES string of the molecule is CN(C)CNS(=O)(=O)c1ccccc1-c1ccc(Cn2c(-c3ccccc3)nc(Cl)c2C=O)cc1. The van der Waals surface area contributed by atoms with Gasteiger partial charge in [0.05, 0.1) is 11.6 Å². The van der Waals surface area contributed by atoms with Gasteiger partial charge in [-0.25, -0.2) is 13.4 Å². The maximum absolute atomic E-state index is 12.9. The number of hydrogen-bond acceptors (Lipinski definition) is 5. The number of aldehydes is 1. The smallest absolute Gasteiger partial charge is 0.242 e. The summed E-state index contributed by atoms with van der Waals surface area (Å²) in [6.45, 7) is 0.578. The molecule has 0 fully saturated rings. The molecule has 7 nitrogen and oxygen atoms in total. The number of benzene rings is 3. The number of imidazole rings is 1. The van der Waals surface area contributed by atoms with Crippen LogP contribution in [0.5, 0.6) is 0 Å². The zero-order valence-electron chi connectivity index (χ0n) is 19.3. The van der Waals surface area contributed by atoms with Gasteiger partial charge in [-0.15, -0.1) is 0 Å². The summed E-state index contributed by atoms with van der Waals surface area (Å²) in [7, 11) is -0.110. The highest BCUT2D eigenvalue weighted by Gasteiger charge is 2.20. The third-order valence-electron chi connectivity index (χ3n) is 5.46. The van der Waals surface area contributed by atoms with Crippen LogP contribution in [0.15, 0.2) is 83.8 Å². The van der Waals surface area contributed by atoms with Crippen molar-refractivity contribution >= 4 is 27.9 Å². The normalized spacial score (nSPS) is 11.7. The third kappa shape index (κ3) is 5.52. The molecule has 0 aliphatic carbocycles. The maximum Gasteiger partial charge on any atom is 0.242 e.